The highest BCUT2D eigenvalue weighted by atomic mass is 19.1. The fourth-order valence-electron chi connectivity index (χ4n) is 4.26. The van der Waals surface area contributed by atoms with Crippen LogP contribution in [0.15, 0.2) is 48.8 Å². The number of carbonyl (C=O) groups excluding carboxylic acids is 1. The number of nitrogens with zero attached hydrogens (tertiary/aromatic N) is 2. The Hall–Kier alpha value is -3.23. The lowest BCUT2D eigenvalue weighted by Gasteiger charge is -2.28. The van der Waals surface area contributed by atoms with Crippen molar-refractivity contribution in [3.63, 3.8) is 0 Å². The first-order valence-corrected chi connectivity index (χ1v) is 10.7. The van der Waals surface area contributed by atoms with Crippen LogP contribution in [0.5, 0.6) is 5.75 Å². The van der Waals surface area contributed by atoms with Crippen molar-refractivity contribution in [1.29, 1.82) is 0 Å². The Morgan fingerprint density at radius 1 is 1.28 bits per heavy atom. The second kappa shape index (κ2) is 8.72. The van der Waals surface area contributed by atoms with Gasteiger partial charge in [0.1, 0.15) is 11.6 Å². The van der Waals surface area contributed by atoms with Crippen LogP contribution in [0.1, 0.15) is 33.5 Å². The summed E-state index contributed by atoms with van der Waals surface area (Å²) in [6.45, 7) is 0.995. The number of aliphatic hydroxyl groups is 1. The van der Waals surface area contributed by atoms with Crippen LogP contribution in [0, 0.1) is 5.82 Å². The predicted molar refractivity (Wildman–Crippen MR) is 115 cm³/mol. The zero-order valence-corrected chi connectivity index (χ0v) is 17.5. The molecular weight excluding hydrogens is 413 g/mol. The molecule has 0 unspecified atom stereocenters. The average Bonchev–Trinajstić information content (AvgIpc) is 3.50. The quantitative estimate of drug-likeness (QED) is 0.640. The molecule has 2 atom stereocenters. The summed E-state index contributed by atoms with van der Waals surface area (Å²) in [5.74, 6) is -0.547. The molecule has 3 heterocycles. The van der Waals surface area contributed by atoms with E-state index in [1.807, 2.05) is 36.5 Å². The average molecular weight is 437 g/mol. The summed E-state index contributed by atoms with van der Waals surface area (Å²) < 4.78 is 27.9. The molecule has 1 amide bonds. The molecular formula is C24H24FN3O4. The van der Waals surface area contributed by atoms with Crippen molar-refractivity contribution in [3.8, 4) is 11.4 Å². The third-order valence-corrected chi connectivity index (χ3v) is 5.97. The third kappa shape index (κ3) is 3.99. The van der Waals surface area contributed by atoms with Gasteiger partial charge in [-0.15, -0.1) is 0 Å². The number of nitrogens with one attached hydrogen (secondary N) is 1. The SMILES string of the molecule is O=C(N[C@H]1CCOC[C@@H]1O)c1cc(Cc2ccc(-n3cccn3)cc2)c2c(c1F)CCO2. The number of amides is 1. The van der Waals surface area contributed by atoms with E-state index in [0.717, 1.165) is 16.8 Å². The van der Waals surface area contributed by atoms with Crippen molar-refractivity contribution in [2.24, 2.45) is 0 Å². The van der Waals surface area contributed by atoms with Crippen molar-refractivity contribution >= 4 is 5.91 Å². The van der Waals surface area contributed by atoms with Gasteiger partial charge in [-0.3, -0.25) is 4.79 Å². The molecule has 3 aromatic rings. The van der Waals surface area contributed by atoms with Gasteiger partial charge in [0, 0.05) is 37.4 Å². The van der Waals surface area contributed by atoms with Gasteiger partial charge in [-0.25, -0.2) is 9.07 Å². The smallest absolute Gasteiger partial charge is 0.254 e. The topological polar surface area (TPSA) is 85.6 Å². The Bertz CT molecular complexity index is 1120. The molecule has 0 aliphatic carbocycles. The predicted octanol–water partition coefficient (Wildman–Crippen LogP) is 2.42. The summed E-state index contributed by atoms with van der Waals surface area (Å²) >= 11 is 0. The normalized spacial score (nSPS) is 19.9. The summed E-state index contributed by atoms with van der Waals surface area (Å²) in [6.07, 6.45) is 4.20. The first kappa shape index (κ1) is 20.7. The van der Waals surface area contributed by atoms with E-state index in [0.29, 0.717) is 43.8 Å². The summed E-state index contributed by atoms with van der Waals surface area (Å²) in [5, 5.41) is 17.1. The van der Waals surface area contributed by atoms with Gasteiger partial charge in [-0.1, -0.05) is 12.1 Å². The molecule has 32 heavy (non-hydrogen) atoms. The van der Waals surface area contributed by atoms with Gasteiger partial charge in [0.25, 0.3) is 5.91 Å². The van der Waals surface area contributed by atoms with Gasteiger partial charge in [0.05, 0.1) is 36.6 Å². The molecule has 5 rings (SSSR count). The van der Waals surface area contributed by atoms with E-state index in [1.165, 1.54) is 0 Å². The Labute approximate surface area is 184 Å². The van der Waals surface area contributed by atoms with Crippen molar-refractivity contribution in [1.82, 2.24) is 15.1 Å². The number of halogens is 1. The minimum absolute atomic E-state index is 0.0175. The van der Waals surface area contributed by atoms with Crippen LogP contribution >= 0.6 is 0 Å². The van der Waals surface area contributed by atoms with Gasteiger partial charge in [0.15, 0.2) is 0 Å². The van der Waals surface area contributed by atoms with Gasteiger partial charge in [-0.05, 0) is 41.8 Å². The molecule has 166 valence electrons. The highest BCUT2D eigenvalue weighted by Crippen LogP contribution is 2.35. The fraction of sp³-hybridized carbons (Fsp3) is 0.333. The highest BCUT2D eigenvalue weighted by Gasteiger charge is 2.30. The maximum Gasteiger partial charge on any atom is 0.254 e. The van der Waals surface area contributed by atoms with Gasteiger partial charge in [0.2, 0.25) is 0 Å². The monoisotopic (exact) mass is 437 g/mol. The molecule has 0 bridgehead atoms. The Morgan fingerprint density at radius 3 is 2.88 bits per heavy atom. The molecule has 1 fully saturated rings. The van der Waals surface area contributed by atoms with Crippen LogP contribution in [0.25, 0.3) is 5.69 Å². The number of aromatic nitrogens is 2. The number of ether oxygens (including phenoxy) is 2. The molecule has 0 saturated carbocycles. The van der Waals surface area contributed by atoms with E-state index >= 15 is 4.39 Å². The number of rotatable bonds is 5. The summed E-state index contributed by atoms with van der Waals surface area (Å²) in [7, 11) is 0. The van der Waals surface area contributed by atoms with E-state index in [4.69, 9.17) is 9.47 Å². The molecule has 0 radical (unpaired) electrons. The lowest BCUT2D eigenvalue weighted by molar-refractivity contribution is -0.0261. The first-order chi connectivity index (χ1) is 15.6. The third-order valence-electron chi connectivity index (χ3n) is 5.97. The number of hydrogen-bond donors (Lipinski definition) is 2. The van der Waals surface area contributed by atoms with Crippen LogP contribution in [0.4, 0.5) is 4.39 Å². The standard InChI is InChI=1S/C24H24FN3O4/c25-22-18-6-11-32-23(18)16(12-15-2-4-17(5-3-15)28-9-1-8-26-28)13-19(22)24(30)27-20-7-10-31-14-21(20)29/h1-5,8-9,13,20-21,29H,6-7,10-12,14H2,(H,27,30)/t20-,21-/m0/s1. The molecule has 1 saturated heterocycles. The van der Waals surface area contributed by atoms with Crippen LogP contribution in [0.2, 0.25) is 0 Å². The minimum atomic E-state index is -0.804. The van der Waals surface area contributed by atoms with Crippen LogP contribution < -0.4 is 10.1 Å². The van der Waals surface area contributed by atoms with E-state index < -0.39 is 23.9 Å². The van der Waals surface area contributed by atoms with E-state index in [-0.39, 0.29) is 12.2 Å². The van der Waals surface area contributed by atoms with Crippen molar-refractivity contribution < 1.29 is 23.8 Å². The van der Waals surface area contributed by atoms with E-state index in [2.05, 4.69) is 10.4 Å². The van der Waals surface area contributed by atoms with Crippen molar-refractivity contribution in [2.45, 2.75) is 31.4 Å². The molecule has 8 heteroatoms. The highest BCUT2D eigenvalue weighted by molar-refractivity contribution is 5.95. The number of aliphatic hydroxyl groups excluding tert-OH is 1. The molecule has 2 aliphatic rings. The largest absolute Gasteiger partial charge is 0.493 e. The van der Waals surface area contributed by atoms with Crippen molar-refractivity contribution in [2.75, 3.05) is 19.8 Å². The van der Waals surface area contributed by atoms with Crippen LogP contribution in [0.3, 0.4) is 0 Å². The fourth-order valence-corrected chi connectivity index (χ4v) is 4.26. The van der Waals surface area contributed by atoms with Crippen LogP contribution in [-0.2, 0) is 17.6 Å². The Kier molecular flexibility index (Phi) is 5.63. The van der Waals surface area contributed by atoms with E-state index in [9.17, 15) is 9.90 Å². The Balaban J connectivity index is 1.41. The number of hydrogen-bond acceptors (Lipinski definition) is 5. The van der Waals surface area contributed by atoms with Crippen molar-refractivity contribution in [3.05, 3.63) is 76.9 Å². The second-order valence-electron chi connectivity index (χ2n) is 8.11. The molecule has 2 N–H and O–H groups in total. The number of benzene rings is 2. The first-order valence-electron chi connectivity index (χ1n) is 10.7. The van der Waals surface area contributed by atoms with E-state index in [1.54, 1.807) is 16.9 Å². The Morgan fingerprint density at radius 2 is 2.12 bits per heavy atom. The summed E-state index contributed by atoms with van der Waals surface area (Å²) in [5.41, 5.74) is 3.14. The molecule has 7 nitrogen and oxygen atoms in total. The molecule has 2 aliphatic heterocycles. The lowest BCUT2D eigenvalue weighted by atomic mass is 9.96. The lowest BCUT2D eigenvalue weighted by Crippen LogP contribution is -2.48. The molecule has 1 aromatic heterocycles. The zero-order chi connectivity index (χ0) is 22.1. The number of carbonyl (C=O) groups is 1. The summed E-state index contributed by atoms with van der Waals surface area (Å²) in [6, 6.07) is 10.9. The van der Waals surface area contributed by atoms with Gasteiger partial charge < -0.3 is 19.9 Å². The molecule has 2 aromatic carbocycles. The molecule has 0 spiro atoms. The second-order valence-corrected chi connectivity index (χ2v) is 8.11. The summed E-state index contributed by atoms with van der Waals surface area (Å²) in [4.78, 5) is 12.9. The minimum Gasteiger partial charge on any atom is -0.493 e. The zero-order valence-electron chi connectivity index (χ0n) is 17.5. The van der Waals surface area contributed by atoms with Gasteiger partial charge in [-0.2, -0.15) is 5.10 Å². The van der Waals surface area contributed by atoms with Crippen LogP contribution in [-0.4, -0.2) is 52.8 Å². The number of fused-ring (bicyclic) bond motifs is 1. The van der Waals surface area contributed by atoms with Gasteiger partial charge >= 0.3 is 0 Å². The maximum absolute atomic E-state index is 15.2. The maximum atomic E-state index is 15.2.